The second kappa shape index (κ2) is 10.8. The van der Waals surface area contributed by atoms with Crippen LogP contribution in [0.1, 0.15) is 57.0 Å². The fourth-order valence-corrected chi connectivity index (χ4v) is 4.47. The molecule has 0 radical (unpaired) electrons. The molecule has 206 valence electrons. The maximum Gasteiger partial charge on any atom is 0.342 e. The lowest BCUT2D eigenvalue weighted by molar-refractivity contribution is -0.887. The highest BCUT2D eigenvalue weighted by Crippen LogP contribution is 2.44. The molecule has 0 saturated carbocycles. The van der Waals surface area contributed by atoms with E-state index in [2.05, 4.69) is 0 Å². The minimum atomic E-state index is -1.30. The van der Waals surface area contributed by atoms with E-state index in [0.717, 1.165) is 0 Å². The molecule has 0 bridgehead atoms. The maximum atomic E-state index is 12.5. The molecule has 0 aliphatic carbocycles. The van der Waals surface area contributed by atoms with Crippen LogP contribution in [0.3, 0.4) is 0 Å². The Morgan fingerprint density at radius 3 is 2.30 bits per heavy atom. The van der Waals surface area contributed by atoms with E-state index in [4.69, 9.17) is 23.7 Å². The van der Waals surface area contributed by atoms with E-state index in [1.807, 2.05) is 41.9 Å². The van der Waals surface area contributed by atoms with Crippen LogP contribution >= 0.6 is 0 Å². The van der Waals surface area contributed by atoms with Crippen molar-refractivity contribution in [3.05, 3.63) is 35.4 Å². The number of carbonyl (C=O) groups is 3. The van der Waals surface area contributed by atoms with E-state index in [1.165, 1.54) is 0 Å². The van der Waals surface area contributed by atoms with Crippen LogP contribution in [0.4, 0.5) is 0 Å². The fourth-order valence-electron chi connectivity index (χ4n) is 4.47. The molecule has 2 fully saturated rings. The van der Waals surface area contributed by atoms with Crippen LogP contribution in [0.25, 0.3) is 0 Å². The Labute approximate surface area is 218 Å². The van der Waals surface area contributed by atoms with Crippen LogP contribution in [-0.2, 0) is 39.1 Å². The Kier molecular flexibility index (Phi) is 8.51. The topological polar surface area (TPSA) is 118 Å². The summed E-state index contributed by atoms with van der Waals surface area (Å²) in [6.45, 7) is 9.68. The summed E-state index contributed by atoms with van der Waals surface area (Å²) < 4.78 is 29.0. The molecule has 2 saturated heterocycles. The first-order chi connectivity index (χ1) is 17.0. The van der Waals surface area contributed by atoms with Gasteiger partial charge in [-0.1, -0.05) is 39.8 Å². The van der Waals surface area contributed by atoms with E-state index >= 15 is 0 Å². The first kappa shape index (κ1) is 29.2. The molecule has 2 aliphatic heterocycles. The highest BCUT2D eigenvalue weighted by molar-refractivity contribution is 5.89. The highest BCUT2D eigenvalue weighted by Gasteiger charge is 2.58. The van der Waals surface area contributed by atoms with Crippen molar-refractivity contribution in [2.24, 2.45) is 11.3 Å². The lowest BCUT2D eigenvalue weighted by Gasteiger charge is -2.29. The zero-order valence-corrected chi connectivity index (χ0v) is 22.9. The smallest absolute Gasteiger partial charge is 0.342 e. The summed E-state index contributed by atoms with van der Waals surface area (Å²) in [5, 5.41) is 10.9. The molecule has 7 unspecified atom stereocenters. The molecule has 37 heavy (non-hydrogen) atoms. The van der Waals surface area contributed by atoms with Gasteiger partial charge in [0, 0.05) is 5.56 Å². The largest absolute Gasteiger partial charge is 0.452 e. The van der Waals surface area contributed by atoms with Crippen LogP contribution in [0.2, 0.25) is 0 Å². The van der Waals surface area contributed by atoms with Gasteiger partial charge in [0.15, 0.2) is 24.5 Å². The molecule has 3 rings (SSSR count). The third-order valence-corrected chi connectivity index (χ3v) is 6.19. The van der Waals surface area contributed by atoms with Gasteiger partial charge in [0.25, 0.3) is 0 Å². The zero-order valence-electron chi connectivity index (χ0n) is 22.9. The van der Waals surface area contributed by atoms with Crippen LogP contribution in [0.15, 0.2) is 24.3 Å². The van der Waals surface area contributed by atoms with Gasteiger partial charge in [0.05, 0.1) is 32.6 Å². The fraction of sp³-hybridized carbons (Fsp3) is 0.667. The molecule has 1 N–H and O–H groups in total. The number of carbonyl (C=O) groups excluding carboxylic acids is 3. The number of quaternary nitrogens is 1. The third kappa shape index (κ3) is 7.14. The van der Waals surface area contributed by atoms with E-state index in [-0.39, 0.29) is 12.1 Å². The molecule has 1 aromatic carbocycles. The molecular weight excluding hydrogens is 482 g/mol. The number of fused-ring (bicyclic) bond motifs is 1. The van der Waals surface area contributed by atoms with Gasteiger partial charge in [0.1, 0.15) is 18.3 Å². The monoisotopic (exact) mass is 522 g/mol. The third-order valence-electron chi connectivity index (χ3n) is 6.19. The Balaban J connectivity index is 1.62. The van der Waals surface area contributed by atoms with E-state index < -0.39 is 54.3 Å². The second-order valence-electron chi connectivity index (χ2n) is 12.2. The molecular formula is C27H40NO9+. The minimum absolute atomic E-state index is 0.0914. The van der Waals surface area contributed by atoms with E-state index in [1.54, 1.807) is 38.1 Å². The summed E-state index contributed by atoms with van der Waals surface area (Å²) in [6.07, 6.45) is -4.55. The van der Waals surface area contributed by atoms with Crippen molar-refractivity contribution in [3.63, 3.8) is 0 Å². The zero-order chi connectivity index (χ0) is 27.8. The van der Waals surface area contributed by atoms with E-state index in [0.29, 0.717) is 28.3 Å². The van der Waals surface area contributed by atoms with Crippen molar-refractivity contribution in [1.29, 1.82) is 0 Å². The summed E-state index contributed by atoms with van der Waals surface area (Å²) in [5.74, 6) is -2.67. The Morgan fingerprint density at radius 1 is 1.16 bits per heavy atom. The maximum absolute atomic E-state index is 12.5. The SMILES string of the molecule is CC(CC(C)(C)C)C(=O)OC(C=O)C1OC2OC(C)(c3ccc(C(=O)OC[N+](C)(C)C)cc3)OC2C1O. The van der Waals surface area contributed by atoms with Crippen LogP contribution in [0.5, 0.6) is 0 Å². The predicted octanol–water partition coefficient (Wildman–Crippen LogP) is 2.36. The van der Waals surface area contributed by atoms with Gasteiger partial charge in [-0.25, -0.2) is 4.79 Å². The number of rotatable bonds is 9. The normalized spacial score (nSPS) is 29.3. The summed E-state index contributed by atoms with van der Waals surface area (Å²) in [6, 6.07) is 6.58. The number of esters is 2. The minimum Gasteiger partial charge on any atom is -0.452 e. The van der Waals surface area contributed by atoms with Gasteiger partial charge in [-0.2, -0.15) is 0 Å². The van der Waals surface area contributed by atoms with Gasteiger partial charge in [0.2, 0.25) is 6.73 Å². The Hall–Kier alpha value is -2.37. The quantitative estimate of drug-likeness (QED) is 0.226. The predicted molar refractivity (Wildman–Crippen MR) is 132 cm³/mol. The van der Waals surface area contributed by atoms with Crippen molar-refractivity contribution >= 4 is 18.2 Å². The highest BCUT2D eigenvalue weighted by atomic mass is 16.8. The summed E-state index contributed by atoms with van der Waals surface area (Å²) in [5.41, 5.74) is 0.893. The van der Waals surface area contributed by atoms with Crippen molar-refractivity contribution < 1.29 is 47.7 Å². The Bertz CT molecular complexity index is 981. The molecule has 7 atom stereocenters. The molecule has 2 heterocycles. The van der Waals surface area contributed by atoms with Crippen molar-refractivity contribution in [2.45, 2.75) is 77.5 Å². The molecule has 0 amide bonds. The van der Waals surface area contributed by atoms with Crippen LogP contribution in [-0.4, -0.2) is 86.4 Å². The standard InChI is InChI=1S/C27H40NO9/c1-16(13-26(2,3)4)23(31)34-19(14-29)21-20(30)22-25(35-21)37-27(5,36-22)18-11-9-17(10-12-18)24(32)33-15-28(6,7)8/h9-12,14,16,19-22,25,30H,13,15H2,1-8H3/q+1. The number of ether oxygens (including phenoxy) is 5. The number of hydrogen-bond donors (Lipinski definition) is 1. The first-order valence-corrected chi connectivity index (χ1v) is 12.5. The van der Waals surface area contributed by atoms with Gasteiger partial charge >= 0.3 is 11.9 Å². The second-order valence-corrected chi connectivity index (χ2v) is 12.2. The number of aliphatic hydroxyl groups excluding tert-OH is 1. The average Bonchev–Trinajstić information content (AvgIpc) is 3.28. The molecule has 10 nitrogen and oxygen atoms in total. The summed E-state index contributed by atoms with van der Waals surface area (Å²) in [7, 11) is 5.75. The molecule has 0 spiro atoms. The molecule has 2 aliphatic rings. The van der Waals surface area contributed by atoms with Crippen LogP contribution < -0.4 is 0 Å². The van der Waals surface area contributed by atoms with Gasteiger partial charge in [-0.05, 0) is 30.9 Å². The van der Waals surface area contributed by atoms with E-state index in [9.17, 15) is 19.5 Å². The van der Waals surface area contributed by atoms with Gasteiger partial charge < -0.3 is 28.8 Å². The van der Waals surface area contributed by atoms with Crippen molar-refractivity contribution in [3.8, 4) is 0 Å². The Morgan fingerprint density at radius 2 is 1.78 bits per heavy atom. The van der Waals surface area contributed by atoms with Gasteiger partial charge in [-0.3, -0.25) is 14.1 Å². The lowest BCUT2D eigenvalue weighted by Crippen LogP contribution is -2.44. The van der Waals surface area contributed by atoms with Crippen molar-refractivity contribution in [2.75, 3.05) is 27.9 Å². The lowest BCUT2D eigenvalue weighted by atomic mass is 9.85. The number of aliphatic hydroxyl groups is 1. The number of benzene rings is 1. The number of nitrogens with zero attached hydrogens (tertiary/aromatic N) is 1. The first-order valence-electron chi connectivity index (χ1n) is 12.5. The number of hydrogen-bond acceptors (Lipinski definition) is 9. The van der Waals surface area contributed by atoms with Gasteiger partial charge in [-0.15, -0.1) is 0 Å². The summed E-state index contributed by atoms with van der Waals surface area (Å²) >= 11 is 0. The molecule has 10 heteroatoms. The number of aldehydes is 1. The summed E-state index contributed by atoms with van der Waals surface area (Å²) in [4.78, 5) is 36.6. The van der Waals surface area contributed by atoms with Crippen molar-refractivity contribution in [1.82, 2.24) is 0 Å². The molecule has 1 aromatic rings. The molecule has 0 aromatic heterocycles. The average molecular weight is 523 g/mol. The van der Waals surface area contributed by atoms with Crippen LogP contribution in [0, 0.1) is 11.3 Å².